The summed E-state index contributed by atoms with van der Waals surface area (Å²) in [5.74, 6) is 0.562. The van der Waals surface area contributed by atoms with Gasteiger partial charge in [0.25, 0.3) is 0 Å². The van der Waals surface area contributed by atoms with Crippen LogP contribution in [0.5, 0.6) is 0 Å². The molecule has 0 aliphatic heterocycles. The third-order valence-corrected chi connectivity index (χ3v) is 3.59. The maximum Gasteiger partial charge on any atom is 0.173 e. The number of nitrogens with zero attached hydrogens (tertiary/aromatic N) is 4. The van der Waals surface area contributed by atoms with E-state index in [0.717, 1.165) is 10.0 Å². The minimum atomic E-state index is 0.00822. The Bertz CT molecular complexity index is 632. The second-order valence-corrected chi connectivity index (χ2v) is 5.06. The summed E-state index contributed by atoms with van der Waals surface area (Å²) in [6, 6.07) is 9.57. The Morgan fingerprint density at radius 3 is 2.85 bits per heavy atom. The molecular formula is C13H14BrN5O. The number of rotatable bonds is 4. The monoisotopic (exact) mass is 335 g/mol. The maximum atomic E-state index is 8.82. The Kier molecular flexibility index (Phi) is 4.52. The minimum absolute atomic E-state index is 0.00822. The molecule has 0 spiro atoms. The van der Waals surface area contributed by atoms with E-state index in [2.05, 4.69) is 31.3 Å². The summed E-state index contributed by atoms with van der Waals surface area (Å²) in [5, 5.41) is 19.7. The lowest BCUT2D eigenvalue weighted by Gasteiger charge is -2.20. The van der Waals surface area contributed by atoms with Crippen molar-refractivity contribution in [3.05, 3.63) is 52.1 Å². The standard InChI is InChI=1S/C13H14BrN5O/c1-19(8-9-4-2-3-5-11(9)14)13-10(12(15)18-20)6-7-16-17-13/h2-7,20H,8H2,1H3,(H2,15,18). The fourth-order valence-electron chi connectivity index (χ4n) is 1.82. The predicted octanol–water partition coefficient (Wildman–Crippen LogP) is 1.97. The van der Waals surface area contributed by atoms with Gasteiger partial charge >= 0.3 is 0 Å². The maximum absolute atomic E-state index is 8.82. The zero-order chi connectivity index (χ0) is 14.5. The molecule has 0 saturated heterocycles. The molecule has 1 heterocycles. The first-order valence-electron chi connectivity index (χ1n) is 5.87. The first-order valence-corrected chi connectivity index (χ1v) is 6.67. The van der Waals surface area contributed by atoms with Crippen molar-refractivity contribution in [3.63, 3.8) is 0 Å². The van der Waals surface area contributed by atoms with E-state index in [0.29, 0.717) is 17.9 Å². The van der Waals surface area contributed by atoms with E-state index >= 15 is 0 Å². The molecule has 3 N–H and O–H groups in total. The molecule has 0 bridgehead atoms. The topological polar surface area (TPSA) is 87.6 Å². The third-order valence-electron chi connectivity index (χ3n) is 2.81. The summed E-state index contributed by atoms with van der Waals surface area (Å²) in [6.45, 7) is 0.617. The van der Waals surface area contributed by atoms with Gasteiger partial charge in [0, 0.05) is 18.1 Å². The van der Waals surface area contributed by atoms with Crippen molar-refractivity contribution < 1.29 is 5.21 Å². The van der Waals surface area contributed by atoms with Gasteiger partial charge in [-0.1, -0.05) is 39.3 Å². The van der Waals surface area contributed by atoms with Gasteiger partial charge in [-0.3, -0.25) is 0 Å². The average Bonchev–Trinajstić information content (AvgIpc) is 2.48. The van der Waals surface area contributed by atoms with Crippen LogP contribution in [-0.2, 0) is 6.54 Å². The molecule has 6 nitrogen and oxygen atoms in total. The van der Waals surface area contributed by atoms with Crippen molar-refractivity contribution >= 4 is 27.6 Å². The van der Waals surface area contributed by atoms with Crippen LogP contribution in [-0.4, -0.2) is 28.3 Å². The Hall–Kier alpha value is -2.15. The lowest BCUT2D eigenvalue weighted by molar-refractivity contribution is 0.318. The molecule has 0 aliphatic rings. The van der Waals surface area contributed by atoms with Gasteiger partial charge in [-0.25, -0.2) is 0 Å². The van der Waals surface area contributed by atoms with Gasteiger partial charge in [0.2, 0.25) is 0 Å². The van der Waals surface area contributed by atoms with E-state index in [4.69, 9.17) is 10.9 Å². The molecule has 1 aromatic carbocycles. The van der Waals surface area contributed by atoms with Gasteiger partial charge in [0.05, 0.1) is 11.8 Å². The molecule has 1 aromatic heterocycles. The molecular weight excluding hydrogens is 322 g/mol. The highest BCUT2D eigenvalue weighted by Crippen LogP contribution is 2.21. The lowest BCUT2D eigenvalue weighted by atomic mass is 10.2. The van der Waals surface area contributed by atoms with Crippen molar-refractivity contribution in [2.45, 2.75) is 6.54 Å². The van der Waals surface area contributed by atoms with Crippen LogP contribution >= 0.6 is 15.9 Å². The van der Waals surface area contributed by atoms with Gasteiger partial charge in [0.1, 0.15) is 0 Å². The molecule has 0 saturated carbocycles. The minimum Gasteiger partial charge on any atom is -0.409 e. The van der Waals surface area contributed by atoms with Crippen LogP contribution in [0.15, 0.2) is 46.2 Å². The number of oxime groups is 1. The number of aromatic nitrogens is 2. The summed E-state index contributed by atoms with van der Waals surface area (Å²) in [7, 11) is 1.87. The third kappa shape index (κ3) is 3.05. The quantitative estimate of drug-likeness (QED) is 0.386. The van der Waals surface area contributed by atoms with E-state index in [1.807, 2.05) is 36.2 Å². The summed E-state index contributed by atoms with van der Waals surface area (Å²) < 4.78 is 1.01. The molecule has 0 atom stereocenters. The molecule has 0 aliphatic carbocycles. The highest BCUT2D eigenvalue weighted by Gasteiger charge is 2.14. The zero-order valence-electron chi connectivity index (χ0n) is 10.9. The molecule has 0 unspecified atom stereocenters. The van der Waals surface area contributed by atoms with Gasteiger partial charge in [-0.05, 0) is 17.7 Å². The van der Waals surface area contributed by atoms with Crippen LogP contribution in [0, 0.1) is 0 Å². The molecule has 0 amide bonds. The lowest BCUT2D eigenvalue weighted by Crippen LogP contribution is -2.24. The summed E-state index contributed by atoms with van der Waals surface area (Å²) in [6.07, 6.45) is 1.50. The number of nitrogens with two attached hydrogens (primary N) is 1. The van der Waals surface area contributed by atoms with Crippen LogP contribution in [0.4, 0.5) is 5.82 Å². The van der Waals surface area contributed by atoms with E-state index in [9.17, 15) is 0 Å². The van der Waals surface area contributed by atoms with E-state index in [1.54, 1.807) is 6.07 Å². The van der Waals surface area contributed by atoms with Crippen LogP contribution in [0.25, 0.3) is 0 Å². The van der Waals surface area contributed by atoms with Gasteiger partial charge < -0.3 is 15.8 Å². The van der Waals surface area contributed by atoms with E-state index < -0.39 is 0 Å². The average molecular weight is 336 g/mol. The number of amidine groups is 1. The predicted molar refractivity (Wildman–Crippen MR) is 80.8 cm³/mol. The summed E-state index contributed by atoms with van der Waals surface area (Å²) >= 11 is 3.51. The van der Waals surface area contributed by atoms with Crippen LogP contribution in [0.1, 0.15) is 11.1 Å². The van der Waals surface area contributed by atoms with Crippen molar-refractivity contribution in [1.82, 2.24) is 10.2 Å². The fraction of sp³-hybridized carbons (Fsp3) is 0.154. The first-order chi connectivity index (χ1) is 9.63. The SMILES string of the molecule is CN(Cc1ccccc1Br)c1nnccc1/C(N)=N/O. The molecule has 0 radical (unpaired) electrons. The highest BCUT2D eigenvalue weighted by molar-refractivity contribution is 9.10. The Morgan fingerprint density at radius 1 is 1.40 bits per heavy atom. The van der Waals surface area contributed by atoms with E-state index in [1.165, 1.54) is 6.20 Å². The molecule has 2 aromatic rings. The van der Waals surface area contributed by atoms with E-state index in [-0.39, 0.29) is 5.84 Å². The van der Waals surface area contributed by atoms with Gasteiger partial charge in [0.15, 0.2) is 11.7 Å². The van der Waals surface area contributed by atoms with Crippen LogP contribution in [0.2, 0.25) is 0 Å². The van der Waals surface area contributed by atoms with Crippen LogP contribution in [0.3, 0.4) is 0 Å². The number of hydrogen-bond donors (Lipinski definition) is 2. The number of hydrogen-bond acceptors (Lipinski definition) is 5. The second-order valence-electron chi connectivity index (χ2n) is 4.20. The van der Waals surface area contributed by atoms with Crippen LogP contribution < -0.4 is 10.6 Å². The Balaban J connectivity index is 2.30. The molecule has 7 heteroatoms. The highest BCUT2D eigenvalue weighted by atomic mass is 79.9. The Labute approximate surface area is 125 Å². The number of anilines is 1. The molecule has 2 rings (SSSR count). The second kappa shape index (κ2) is 6.33. The fourth-order valence-corrected chi connectivity index (χ4v) is 2.23. The van der Waals surface area contributed by atoms with Gasteiger partial charge in [-0.15, -0.1) is 5.10 Å². The van der Waals surface area contributed by atoms with Gasteiger partial charge in [-0.2, -0.15) is 5.10 Å². The number of benzene rings is 1. The Morgan fingerprint density at radius 2 is 2.15 bits per heavy atom. The molecule has 104 valence electrons. The summed E-state index contributed by atoms with van der Waals surface area (Å²) in [4.78, 5) is 1.89. The number of halogens is 1. The molecule has 0 fully saturated rings. The summed E-state index contributed by atoms with van der Waals surface area (Å²) in [5.41, 5.74) is 7.29. The van der Waals surface area contributed by atoms with Crippen molar-refractivity contribution in [3.8, 4) is 0 Å². The largest absolute Gasteiger partial charge is 0.409 e. The first kappa shape index (κ1) is 14.3. The zero-order valence-corrected chi connectivity index (χ0v) is 12.4. The molecule has 20 heavy (non-hydrogen) atoms. The van der Waals surface area contributed by atoms with Crippen molar-refractivity contribution in [2.24, 2.45) is 10.9 Å². The smallest absolute Gasteiger partial charge is 0.173 e. The van der Waals surface area contributed by atoms with Crippen molar-refractivity contribution in [2.75, 3.05) is 11.9 Å². The van der Waals surface area contributed by atoms with Crippen molar-refractivity contribution in [1.29, 1.82) is 0 Å². The normalized spacial score (nSPS) is 11.4.